The highest BCUT2D eigenvalue weighted by Crippen LogP contribution is 2.33. The lowest BCUT2D eigenvalue weighted by Crippen LogP contribution is -2.33. The van der Waals surface area contributed by atoms with Gasteiger partial charge in [-0.1, -0.05) is 5.16 Å². The third-order valence-corrected chi connectivity index (χ3v) is 3.75. The molecule has 0 amide bonds. The second-order valence-corrected chi connectivity index (χ2v) is 5.33. The van der Waals surface area contributed by atoms with E-state index in [2.05, 4.69) is 27.3 Å². The van der Waals surface area contributed by atoms with Gasteiger partial charge in [-0.3, -0.25) is 4.90 Å². The van der Waals surface area contributed by atoms with Crippen LogP contribution in [0, 0.1) is 6.92 Å². The van der Waals surface area contributed by atoms with E-state index in [1.807, 2.05) is 6.92 Å². The monoisotopic (exact) mass is 236 g/mol. The summed E-state index contributed by atoms with van der Waals surface area (Å²) >= 11 is 0. The molecule has 2 fully saturated rings. The molecule has 1 saturated carbocycles. The van der Waals surface area contributed by atoms with Crippen LogP contribution < -0.4 is 5.32 Å². The Balaban J connectivity index is 1.49. The molecule has 1 N–H and O–H groups in total. The molecule has 2 unspecified atom stereocenters. The number of hydrogen-bond acceptors (Lipinski definition) is 5. The smallest absolute Gasteiger partial charge is 0.240 e. The van der Waals surface area contributed by atoms with Crippen molar-refractivity contribution in [2.75, 3.05) is 6.54 Å². The summed E-state index contributed by atoms with van der Waals surface area (Å²) in [4.78, 5) is 6.84. The Bertz CT molecular complexity index is 388. The van der Waals surface area contributed by atoms with E-state index in [4.69, 9.17) is 4.52 Å². The normalized spacial score (nSPS) is 30.0. The number of likely N-dealkylation sites (tertiary alicyclic amines) is 1. The van der Waals surface area contributed by atoms with E-state index in [1.54, 1.807) is 0 Å². The van der Waals surface area contributed by atoms with Crippen LogP contribution in [0.15, 0.2) is 4.52 Å². The molecule has 94 valence electrons. The Hall–Kier alpha value is -0.940. The number of nitrogens with zero attached hydrogens (tertiary/aromatic N) is 3. The van der Waals surface area contributed by atoms with Gasteiger partial charge >= 0.3 is 0 Å². The van der Waals surface area contributed by atoms with Gasteiger partial charge in [0.05, 0.1) is 6.54 Å². The van der Waals surface area contributed by atoms with Crippen LogP contribution >= 0.6 is 0 Å². The molecule has 0 spiro atoms. The summed E-state index contributed by atoms with van der Waals surface area (Å²) in [5, 5.41) is 7.31. The molecule has 3 rings (SSSR count). The van der Waals surface area contributed by atoms with Crippen LogP contribution in [-0.4, -0.2) is 39.7 Å². The molecule has 2 heterocycles. The fraction of sp³-hybridized carbons (Fsp3) is 0.833. The average molecular weight is 236 g/mol. The Morgan fingerprint density at radius 3 is 2.94 bits per heavy atom. The zero-order chi connectivity index (χ0) is 11.8. The number of aromatic nitrogens is 2. The molecule has 5 nitrogen and oxygen atoms in total. The van der Waals surface area contributed by atoms with E-state index in [-0.39, 0.29) is 0 Å². The van der Waals surface area contributed by atoms with Gasteiger partial charge in [0.1, 0.15) is 0 Å². The minimum absolute atomic E-state index is 0.567. The lowest BCUT2D eigenvalue weighted by molar-refractivity contribution is 0.254. The average Bonchev–Trinajstić information content (AvgIpc) is 2.95. The second kappa shape index (κ2) is 4.38. The molecule has 1 aliphatic heterocycles. The number of aryl methyl sites for hydroxylation is 1. The minimum atomic E-state index is 0.567. The molecule has 0 aromatic carbocycles. The molecular weight excluding hydrogens is 216 g/mol. The van der Waals surface area contributed by atoms with Crippen LogP contribution in [-0.2, 0) is 6.54 Å². The van der Waals surface area contributed by atoms with Gasteiger partial charge in [0.15, 0.2) is 5.82 Å². The van der Waals surface area contributed by atoms with Crippen molar-refractivity contribution < 1.29 is 4.52 Å². The first-order chi connectivity index (χ1) is 8.22. The SMILES string of the molecule is Cc1noc(CNC2CC(C)N(C3CC3)C2)n1. The van der Waals surface area contributed by atoms with E-state index in [1.165, 1.54) is 25.8 Å². The highest BCUT2D eigenvalue weighted by Gasteiger charge is 2.38. The van der Waals surface area contributed by atoms with E-state index in [0.29, 0.717) is 30.3 Å². The summed E-state index contributed by atoms with van der Waals surface area (Å²) in [5.74, 6) is 1.40. The fourth-order valence-corrected chi connectivity index (χ4v) is 2.76. The van der Waals surface area contributed by atoms with Crippen molar-refractivity contribution in [2.45, 2.75) is 57.8 Å². The standard InChI is InChI=1S/C12H20N4O/c1-8-5-10(7-16(8)11-3-4-11)13-6-12-14-9(2)15-17-12/h8,10-11,13H,3-7H2,1-2H3. The molecule has 2 aliphatic rings. The van der Waals surface area contributed by atoms with Crippen molar-refractivity contribution in [2.24, 2.45) is 0 Å². The van der Waals surface area contributed by atoms with Crippen LogP contribution in [0.25, 0.3) is 0 Å². The Morgan fingerprint density at radius 2 is 2.29 bits per heavy atom. The quantitative estimate of drug-likeness (QED) is 0.848. The van der Waals surface area contributed by atoms with Crippen LogP contribution in [0.3, 0.4) is 0 Å². The summed E-state index contributed by atoms with van der Waals surface area (Å²) in [6, 6.07) is 2.14. The molecular formula is C12H20N4O. The van der Waals surface area contributed by atoms with Gasteiger partial charge in [0.25, 0.3) is 0 Å². The molecule has 1 aliphatic carbocycles. The summed E-state index contributed by atoms with van der Waals surface area (Å²) in [6.45, 7) is 6.03. The zero-order valence-corrected chi connectivity index (χ0v) is 10.5. The summed E-state index contributed by atoms with van der Waals surface area (Å²) in [6.07, 6.45) is 4.00. The van der Waals surface area contributed by atoms with Gasteiger partial charge < -0.3 is 9.84 Å². The summed E-state index contributed by atoms with van der Waals surface area (Å²) < 4.78 is 5.10. The third kappa shape index (κ3) is 2.50. The van der Waals surface area contributed by atoms with E-state index >= 15 is 0 Å². The molecule has 1 aromatic rings. The lowest BCUT2D eigenvalue weighted by atomic mass is 10.2. The van der Waals surface area contributed by atoms with E-state index in [9.17, 15) is 0 Å². The van der Waals surface area contributed by atoms with Gasteiger partial charge in [-0.05, 0) is 33.1 Å². The summed E-state index contributed by atoms with van der Waals surface area (Å²) in [7, 11) is 0. The topological polar surface area (TPSA) is 54.2 Å². The lowest BCUT2D eigenvalue weighted by Gasteiger charge is -2.19. The van der Waals surface area contributed by atoms with E-state index in [0.717, 1.165) is 6.04 Å². The van der Waals surface area contributed by atoms with Crippen LogP contribution in [0.4, 0.5) is 0 Å². The molecule has 2 atom stereocenters. The zero-order valence-electron chi connectivity index (χ0n) is 10.5. The van der Waals surface area contributed by atoms with Crippen molar-refractivity contribution >= 4 is 0 Å². The van der Waals surface area contributed by atoms with Crippen molar-refractivity contribution in [1.82, 2.24) is 20.4 Å². The molecule has 17 heavy (non-hydrogen) atoms. The summed E-state index contributed by atoms with van der Waals surface area (Å²) in [5.41, 5.74) is 0. The Kier molecular flexibility index (Phi) is 2.88. The first-order valence-corrected chi connectivity index (χ1v) is 6.50. The Morgan fingerprint density at radius 1 is 1.47 bits per heavy atom. The number of rotatable bonds is 4. The highest BCUT2D eigenvalue weighted by atomic mass is 16.5. The maximum atomic E-state index is 5.10. The van der Waals surface area contributed by atoms with Gasteiger partial charge in [-0.25, -0.2) is 0 Å². The maximum absolute atomic E-state index is 5.10. The molecule has 5 heteroatoms. The largest absolute Gasteiger partial charge is 0.338 e. The minimum Gasteiger partial charge on any atom is -0.338 e. The van der Waals surface area contributed by atoms with Crippen LogP contribution in [0.2, 0.25) is 0 Å². The first-order valence-electron chi connectivity index (χ1n) is 6.50. The van der Waals surface area contributed by atoms with Crippen molar-refractivity contribution in [3.05, 3.63) is 11.7 Å². The molecule has 0 bridgehead atoms. The van der Waals surface area contributed by atoms with Gasteiger partial charge in [-0.2, -0.15) is 4.98 Å². The van der Waals surface area contributed by atoms with Gasteiger partial charge in [-0.15, -0.1) is 0 Å². The first kappa shape index (κ1) is 11.2. The van der Waals surface area contributed by atoms with Crippen molar-refractivity contribution in [3.63, 3.8) is 0 Å². The third-order valence-electron chi connectivity index (χ3n) is 3.75. The van der Waals surface area contributed by atoms with Crippen LogP contribution in [0.1, 0.15) is 37.9 Å². The molecule has 1 aromatic heterocycles. The van der Waals surface area contributed by atoms with Crippen LogP contribution in [0.5, 0.6) is 0 Å². The second-order valence-electron chi connectivity index (χ2n) is 5.33. The van der Waals surface area contributed by atoms with Crippen molar-refractivity contribution in [1.29, 1.82) is 0 Å². The van der Waals surface area contributed by atoms with Crippen molar-refractivity contribution in [3.8, 4) is 0 Å². The molecule has 0 radical (unpaired) electrons. The van der Waals surface area contributed by atoms with E-state index < -0.39 is 0 Å². The maximum Gasteiger partial charge on any atom is 0.240 e. The number of hydrogen-bond donors (Lipinski definition) is 1. The van der Waals surface area contributed by atoms with Gasteiger partial charge in [0, 0.05) is 24.7 Å². The predicted molar refractivity (Wildman–Crippen MR) is 63.5 cm³/mol. The Labute approximate surface area is 102 Å². The fourth-order valence-electron chi connectivity index (χ4n) is 2.76. The molecule has 1 saturated heterocycles. The highest BCUT2D eigenvalue weighted by molar-refractivity contribution is 4.96. The van der Waals surface area contributed by atoms with Gasteiger partial charge in [0.2, 0.25) is 5.89 Å². The number of nitrogens with one attached hydrogen (secondary N) is 1. The predicted octanol–water partition coefficient (Wildman–Crippen LogP) is 1.09.